The Kier molecular flexibility index (Phi) is 2.50. The zero-order chi connectivity index (χ0) is 11.0. The smallest absolute Gasteiger partial charge is 0.306 e. The van der Waals surface area contributed by atoms with Crippen molar-refractivity contribution >= 4 is 5.97 Å². The summed E-state index contributed by atoms with van der Waals surface area (Å²) in [6, 6.07) is 0. The van der Waals surface area contributed by atoms with Gasteiger partial charge in [-0.05, 0) is 12.3 Å². The Labute approximate surface area is 88.9 Å². The molecule has 15 heavy (non-hydrogen) atoms. The fraction of sp³-hybridized carbons (Fsp3) is 0.636. The minimum atomic E-state index is -0.683. The highest BCUT2D eigenvalue weighted by molar-refractivity contribution is 5.70. The Morgan fingerprint density at radius 2 is 2.40 bits per heavy atom. The van der Waals surface area contributed by atoms with E-state index < -0.39 is 5.97 Å². The molecule has 1 unspecified atom stereocenters. The van der Waals surface area contributed by atoms with Crippen LogP contribution in [0, 0.1) is 5.92 Å². The van der Waals surface area contributed by atoms with E-state index in [1.54, 1.807) is 0 Å². The minimum absolute atomic E-state index is 0.230. The monoisotopic (exact) mass is 208 g/mol. The predicted octanol–water partition coefficient (Wildman–Crippen LogP) is 1.65. The van der Waals surface area contributed by atoms with Gasteiger partial charge < -0.3 is 9.67 Å². The van der Waals surface area contributed by atoms with Gasteiger partial charge >= 0.3 is 5.97 Å². The van der Waals surface area contributed by atoms with E-state index in [1.807, 2.05) is 6.33 Å². The van der Waals surface area contributed by atoms with Gasteiger partial charge in [0.25, 0.3) is 0 Å². The lowest BCUT2D eigenvalue weighted by Gasteiger charge is -2.22. The molecule has 2 rings (SSSR count). The summed E-state index contributed by atoms with van der Waals surface area (Å²) in [6.07, 6.45) is 3.18. The van der Waals surface area contributed by atoms with Gasteiger partial charge in [0.2, 0.25) is 0 Å². The van der Waals surface area contributed by atoms with Crippen LogP contribution in [0.2, 0.25) is 0 Å². The van der Waals surface area contributed by atoms with E-state index >= 15 is 0 Å². The van der Waals surface area contributed by atoms with Crippen molar-refractivity contribution in [1.29, 1.82) is 0 Å². The van der Waals surface area contributed by atoms with Gasteiger partial charge in [-0.3, -0.25) is 4.79 Å². The number of carboxylic acids is 1. The highest BCUT2D eigenvalue weighted by atomic mass is 16.4. The molecule has 1 aromatic heterocycles. The molecule has 1 aromatic rings. The third-order valence-electron chi connectivity index (χ3n) is 3.03. The second kappa shape index (κ2) is 3.68. The summed E-state index contributed by atoms with van der Waals surface area (Å²) in [5.74, 6) is -0.544. The van der Waals surface area contributed by atoms with Crippen molar-refractivity contribution < 1.29 is 9.90 Å². The first-order chi connectivity index (χ1) is 7.09. The largest absolute Gasteiger partial charge is 0.481 e. The summed E-state index contributed by atoms with van der Waals surface area (Å²) in [5.41, 5.74) is 2.17. The van der Waals surface area contributed by atoms with Crippen molar-refractivity contribution in [2.45, 2.75) is 39.2 Å². The SMILES string of the molecule is CC(C)c1ncn2c1CC(C(=O)O)CC2. The third-order valence-corrected chi connectivity index (χ3v) is 3.03. The second-order valence-electron chi connectivity index (χ2n) is 4.45. The fourth-order valence-electron chi connectivity index (χ4n) is 2.16. The molecule has 4 heteroatoms. The molecular formula is C11H16N2O2. The average Bonchev–Trinajstić information content (AvgIpc) is 2.59. The number of aliphatic carboxylic acids is 1. The van der Waals surface area contributed by atoms with Crippen molar-refractivity contribution in [3.63, 3.8) is 0 Å². The maximum Gasteiger partial charge on any atom is 0.306 e. The summed E-state index contributed by atoms with van der Waals surface area (Å²) in [7, 11) is 0. The molecule has 0 aromatic carbocycles. The molecule has 1 aliphatic heterocycles. The van der Waals surface area contributed by atoms with E-state index in [4.69, 9.17) is 5.11 Å². The number of imidazole rings is 1. The molecule has 0 aliphatic carbocycles. The number of aryl methyl sites for hydroxylation is 1. The first-order valence-electron chi connectivity index (χ1n) is 5.36. The number of aromatic nitrogens is 2. The summed E-state index contributed by atoms with van der Waals surface area (Å²) in [5, 5.41) is 9.00. The maximum atomic E-state index is 10.9. The number of hydrogen-bond donors (Lipinski definition) is 1. The Hall–Kier alpha value is -1.32. The molecule has 0 fully saturated rings. The second-order valence-corrected chi connectivity index (χ2v) is 4.45. The summed E-state index contributed by atoms with van der Waals surface area (Å²) < 4.78 is 2.09. The zero-order valence-electron chi connectivity index (χ0n) is 9.10. The van der Waals surface area contributed by atoms with Crippen LogP contribution in [0.5, 0.6) is 0 Å². The summed E-state index contributed by atoms with van der Waals surface area (Å²) in [4.78, 5) is 15.3. The Morgan fingerprint density at radius 1 is 1.67 bits per heavy atom. The fourth-order valence-corrected chi connectivity index (χ4v) is 2.16. The lowest BCUT2D eigenvalue weighted by molar-refractivity contribution is -0.142. The highest BCUT2D eigenvalue weighted by Gasteiger charge is 2.27. The van der Waals surface area contributed by atoms with Crippen LogP contribution in [0.1, 0.15) is 37.6 Å². The summed E-state index contributed by atoms with van der Waals surface area (Å²) in [6.45, 7) is 4.97. The normalized spacial score (nSPS) is 20.3. The van der Waals surface area contributed by atoms with Crippen molar-refractivity contribution in [1.82, 2.24) is 9.55 Å². The minimum Gasteiger partial charge on any atom is -0.481 e. The molecule has 0 bridgehead atoms. The molecule has 2 heterocycles. The Bertz CT molecular complexity index is 382. The van der Waals surface area contributed by atoms with Crippen molar-refractivity contribution in [3.05, 3.63) is 17.7 Å². The quantitative estimate of drug-likeness (QED) is 0.804. The van der Waals surface area contributed by atoms with E-state index in [9.17, 15) is 4.79 Å². The molecular weight excluding hydrogens is 192 g/mol. The molecule has 1 aliphatic rings. The van der Waals surface area contributed by atoms with Crippen molar-refractivity contribution in [2.75, 3.05) is 0 Å². The first kappa shape index (κ1) is 10.2. The first-order valence-corrected chi connectivity index (χ1v) is 5.36. The van der Waals surface area contributed by atoms with Crippen molar-refractivity contribution in [2.24, 2.45) is 5.92 Å². The number of rotatable bonds is 2. The van der Waals surface area contributed by atoms with Gasteiger partial charge in [0, 0.05) is 18.7 Å². The zero-order valence-corrected chi connectivity index (χ0v) is 9.10. The van der Waals surface area contributed by atoms with Crippen LogP contribution in [0.4, 0.5) is 0 Å². The van der Waals surface area contributed by atoms with E-state index in [0.29, 0.717) is 12.3 Å². The van der Waals surface area contributed by atoms with Crippen LogP contribution in [0.15, 0.2) is 6.33 Å². The summed E-state index contributed by atoms with van der Waals surface area (Å²) >= 11 is 0. The van der Waals surface area contributed by atoms with Gasteiger partial charge in [-0.25, -0.2) is 4.98 Å². The predicted molar refractivity (Wildman–Crippen MR) is 55.8 cm³/mol. The Morgan fingerprint density at radius 3 is 3.00 bits per heavy atom. The Balaban J connectivity index is 2.30. The van der Waals surface area contributed by atoms with E-state index in [2.05, 4.69) is 23.4 Å². The lowest BCUT2D eigenvalue weighted by atomic mass is 9.93. The van der Waals surface area contributed by atoms with Crippen LogP contribution in [0.25, 0.3) is 0 Å². The molecule has 0 spiro atoms. The standard InChI is InChI=1S/C11H16N2O2/c1-7(2)10-9-5-8(11(14)15)3-4-13(9)6-12-10/h6-8H,3-5H2,1-2H3,(H,14,15). The van der Waals surface area contributed by atoms with Gasteiger partial charge in [0.15, 0.2) is 0 Å². The molecule has 4 nitrogen and oxygen atoms in total. The van der Waals surface area contributed by atoms with Gasteiger partial charge in [0.1, 0.15) is 0 Å². The molecule has 0 saturated carbocycles. The third kappa shape index (κ3) is 1.76. The molecule has 82 valence electrons. The van der Waals surface area contributed by atoms with E-state index in [0.717, 1.165) is 24.4 Å². The van der Waals surface area contributed by atoms with E-state index in [1.165, 1.54) is 0 Å². The van der Waals surface area contributed by atoms with Crippen LogP contribution < -0.4 is 0 Å². The number of hydrogen-bond acceptors (Lipinski definition) is 2. The van der Waals surface area contributed by atoms with Crippen LogP contribution in [0.3, 0.4) is 0 Å². The maximum absolute atomic E-state index is 10.9. The van der Waals surface area contributed by atoms with Gasteiger partial charge in [-0.2, -0.15) is 0 Å². The molecule has 0 amide bonds. The van der Waals surface area contributed by atoms with Gasteiger partial charge in [-0.1, -0.05) is 13.8 Å². The molecule has 0 saturated heterocycles. The molecule has 1 N–H and O–H groups in total. The topological polar surface area (TPSA) is 55.1 Å². The average molecular weight is 208 g/mol. The molecule has 0 radical (unpaired) electrons. The van der Waals surface area contributed by atoms with E-state index in [-0.39, 0.29) is 5.92 Å². The van der Waals surface area contributed by atoms with Gasteiger partial charge in [-0.15, -0.1) is 0 Å². The highest BCUT2D eigenvalue weighted by Crippen LogP contribution is 2.26. The van der Waals surface area contributed by atoms with Crippen LogP contribution in [-0.2, 0) is 17.8 Å². The number of carbonyl (C=O) groups is 1. The number of nitrogens with zero attached hydrogens (tertiary/aromatic N) is 2. The van der Waals surface area contributed by atoms with Crippen LogP contribution >= 0.6 is 0 Å². The number of carboxylic acid groups (broad SMARTS) is 1. The molecule has 1 atom stereocenters. The van der Waals surface area contributed by atoms with Crippen molar-refractivity contribution in [3.8, 4) is 0 Å². The lowest BCUT2D eigenvalue weighted by Crippen LogP contribution is -2.25. The van der Waals surface area contributed by atoms with Crippen LogP contribution in [-0.4, -0.2) is 20.6 Å². The number of fused-ring (bicyclic) bond motifs is 1. The van der Waals surface area contributed by atoms with Gasteiger partial charge in [0.05, 0.1) is 17.9 Å².